The molecule has 1 saturated heterocycles. The minimum Gasteiger partial charge on any atom is -0.417 e. The molecule has 0 bridgehead atoms. The molecule has 1 aliphatic rings. The number of amides is 1. The second-order valence-electron chi connectivity index (χ2n) is 6.05. The molecule has 0 radical (unpaired) electrons. The van der Waals surface area contributed by atoms with Gasteiger partial charge in [0.15, 0.2) is 0 Å². The molecule has 10 heteroatoms. The lowest BCUT2D eigenvalue weighted by Crippen LogP contribution is -2.38. The molecule has 1 aromatic carbocycles. The molecule has 1 fully saturated rings. The van der Waals surface area contributed by atoms with Gasteiger partial charge in [0.2, 0.25) is 11.8 Å². The molecule has 0 spiro atoms. The van der Waals surface area contributed by atoms with Crippen LogP contribution in [-0.2, 0) is 11.0 Å². The summed E-state index contributed by atoms with van der Waals surface area (Å²) in [6, 6.07) is 5.43. The number of nitrogens with zero attached hydrogens (tertiary/aromatic N) is 3. The van der Waals surface area contributed by atoms with E-state index in [4.69, 9.17) is 4.42 Å². The summed E-state index contributed by atoms with van der Waals surface area (Å²) < 4.78 is 55.1. The topological polar surface area (TPSA) is 71.3 Å². The van der Waals surface area contributed by atoms with Crippen LogP contribution in [0.25, 0.3) is 0 Å². The minimum atomic E-state index is -4.65. The number of piperidine rings is 1. The van der Waals surface area contributed by atoms with Gasteiger partial charge in [0, 0.05) is 11.6 Å². The lowest BCUT2D eigenvalue weighted by molar-refractivity contribution is -0.157. The van der Waals surface area contributed by atoms with Crippen molar-refractivity contribution in [2.75, 3.05) is 25.0 Å². The molecule has 2 aromatic rings. The first kappa shape index (κ1) is 18.3. The summed E-state index contributed by atoms with van der Waals surface area (Å²) >= 11 is 0. The quantitative estimate of drug-likeness (QED) is 0.836. The van der Waals surface area contributed by atoms with E-state index in [2.05, 4.69) is 15.5 Å². The van der Waals surface area contributed by atoms with Crippen molar-refractivity contribution in [1.82, 2.24) is 15.1 Å². The fourth-order valence-corrected chi connectivity index (χ4v) is 2.79. The summed E-state index contributed by atoms with van der Waals surface area (Å²) in [4.78, 5) is 13.9. The largest absolute Gasteiger partial charge is 0.470 e. The molecule has 1 aromatic heterocycles. The van der Waals surface area contributed by atoms with Crippen molar-refractivity contribution in [3.8, 4) is 0 Å². The predicted molar refractivity (Wildman–Crippen MR) is 82.7 cm³/mol. The van der Waals surface area contributed by atoms with Gasteiger partial charge in [0.05, 0.1) is 6.54 Å². The smallest absolute Gasteiger partial charge is 0.417 e. The fourth-order valence-electron chi connectivity index (χ4n) is 2.79. The molecule has 140 valence electrons. The Labute approximate surface area is 146 Å². The van der Waals surface area contributed by atoms with Gasteiger partial charge in [0.25, 0.3) is 0 Å². The van der Waals surface area contributed by atoms with E-state index >= 15 is 0 Å². The van der Waals surface area contributed by atoms with Crippen molar-refractivity contribution >= 4 is 11.6 Å². The van der Waals surface area contributed by atoms with Crippen LogP contribution >= 0.6 is 0 Å². The van der Waals surface area contributed by atoms with Crippen LogP contribution in [-0.4, -0.2) is 40.6 Å². The molecule has 3 rings (SSSR count). The number of carbonyl (C=O) groups is 1. The number of rotatable bonds is 4. The molecule has 0 aliphatic carbocycles. The number of hydrogen-bond donors (Lipinski definition) is 1. The van der Waals surface area contributed by atoms with E-state index in [0.717, 1.165) is 0 Å². The fraction of sp³-hybridized carbons (Fsp3) is 0.438. The number of likely N-dealkylation sites (tertiary alicyclic amines) is 1. The summed E-state index contributed by atoms with van der Waals surface area (Å²) in [5, 5.41) is 9.19. The maximum Gasteiger partial charge on any atom is 0.470 e. The second-order valence-corrected chi connectivity index (χ2v) is 6.05. The van der Waals surface area contributed by atoms with Gasteiger partial charge in [-0.15, -0.1) is 10.2 Å². The van der Waals surface area contributed by atoms with Crippen LogP contribution in [0.1, 0.15) is 30.5 Å². The molecule has 26 heavy (non-hydrogen) atoms. The van der Waals surface area contributed by atoms with Crippen molar-refractivity contribution in [3.63, 3.8) is 0 Å². The van der Waals surface area contributed by atoms with Crippen molar-refractivity contribution in [2.24, 2.45) is 0 Å². The van der Waals surface area contributed by atoms with E-state index in [1.54, 1.807) is 0 Å². The van der Waals surface area contributed by atoms with Crippen LogP contribution in [0, 0.1) is 5.82 Å². The Hall–Kier alpha value is -2.49. The van der Waals surface area contributed by atoms with Gasteiger partial charge in [-0.1, -0.05) is 0 Å². The number of aromatic nitrogens is 2. The van der Waals surface area contributed by atoms with Crippen LogP contribution in [0.4, 0.5) is 23.2 Å². The van der Waals surface area contributed by atoms with E-state index in [1.807, 2.05) is 4.90 Å². The lowest BCUT2D eigenvalue weighted by Gasteiger charge is -2.29. The molecule has 1 N–H and O–H groups in total. The summed E-state index contributed by atoms with van der Waals surface area (Å²) in [7, 11) is 0. The first-order valence-electron chi connectivity index (χ1n) is 7.99. The van der Waals surface area contributed by atoms with E-state index in [-0.39, 0.29) is 30.1 Å². The zero-order chi connectivity index (χ0) is 18.7. The van der Waals surface area contributed by atoms with Crippen LogP contribution in [0.15, 0.2) is 28.7 Å². The number of anilines is 1. The van der Waals surface area contributed by atoms with Crippen molar-refractivity contribution in [2.45, 2.75) is 24.9 Å². The number of benzene rings is 1. The van der Waals surface area contributed by atoms with E-state index in [9.17, 15) is 22.4 Å². The van der Waals surface area contributed by atoms with Gasteiger partial charge in [-0.25, -0.2) is 4.39 Å². The molecule has 0 unspecified atom stereocenters. The Bertz CT molecular complexity index is 752. The average molecular weight is 372 g/mol. The minimum absolute atomic E-state index is 0.0206. The molecular formula is C16H16F4N4O2. The van der Waals surface area contributed by atoms with Crippen molar-refractivity contribution in [1.29, 1.82) is 0 Å². The zero-order valence-electron chi connectivity index (χ0n) is 13.6. The third kappa shape index (κ3) is 4.57. The molecule has 6 nitrogen and oxygen atoms in total. The van der Waals surface area contributed by atoms with Gasteiger partial charge >= 0.3 is 12.1 Å². The zero-order valence-corrected chi connectivity index (χ0v) is 13.6. The van der Waals surface area contributed by atoms with E-state index < -0.39 is 12.1 Å². The van der Waals surface area contributed by atoms with Gasteiger partial charge in [-0.05, 0) is 50.2 Å². The van der Waals surface area contributed by atoms with Gasteiger partial charge in [-0.3, -0.25) is 9.69 Å². The Kier molecular flexibility index (Phi) is 5.21. The highest BCUT2D eigenvalue weighted by molar-refractivity contribution is 5.92. The van der Waals surface area contributed by atoms with Crippen LogP contribution < -0.4 is 5.32 Å². The van der Waals surface area contributed by atoms with Gasteiger partial charge in [-0.2, -0.15) is 13.2 Å². The maximum atomic E-state index is 12.8. The molecule has 0 atom stereocenters. The molecule has 1 amide bonds. The Balaban J connectivity index is 1.48. The SMILES string of the molecule is O=C(CN1CCC(c2nnc(C(F)(F)F)o2)CC1)Nc1ccc(F)cc1. The molecule has 2 heterocycles. The third-order valence-corrected chi connectivity index (χ3v) is 4.12. The normalized spacial score (nSPS) is 16.6. The van der Waals surface area contributed by atoms with Gasteiger partial charge < -0.3 is 9.73 Å². The van der Waals surface area contributed by atoms with Crippen LogP contribution in [0.5, 0.6) is 0 Å². The van der Waals surface area contributed by atoms with E-state index in [1.165, 1.54) is 24.3 Å². The maximum absolute atomic E-state index is 12.8. The number of hydrogen-bond acceptors (Lipinski definition) is 5. The first-order chi connectivity index (χ1) is 12.3. The highest BCUT2D eigenvalue weighted by Crippen LogP contribution is 2.32. The van der Waals surface area contributed by atoms with E-state index in [0.29, 0.717) is 31.6 Å². The predicted octanol–water partition coefficient (Wildman–Crippen LogP) is 3.05. The standard InChI is InChI=1S/C16H16F4N4O2/c17-11-1-3-12(4-2-11)21-13(25)9-24-7-5-10(6-8-24)14-22-23-15(26-14)16(18,19)20/h1-4,10H,5-9H2,(H,21,25). The summed E-state index contributed by atoms with van der Waals surface area (Å²) in [5.41, 5.74) is 0.497. The van der Waals surface area contributed by atoms with Crippen LogP contribution in [0.2, 0.25) is 0 Å². The summed E-state index contributed by atoms with van der Waals surface area (Å²) in [6.07, 6.45) is -3.61. The third-order valence-electron chi connectivity index (χ3n) is 4.12. The first-order valence-corrected chi connectivity index (χ1v) is 7.99. The summed E-state index contributed by atoms with van der Waals surface area (Å²) in [5.74, 6) is -2.25. The van der Waals surface area contributed by atoms with Crippen molar-refractivity contribution in [3.05, 3.63) is 41.9 Å². The number of alkyl halides is 3. The monoisotopic (exact) mass is 372 g/mol. The second kappa shape index (κ2) is 7.40. The number of nitrogens with one attached hydrogen (secondary N) is 1. The number of carbonyl (C=O) groups excluding carboxylic acids is 1. The van der Waals surface area contributed by atoms with Gasteiger partial charge in [0.1, 0.15) is 5.82 Å². The molecular weight excluding hydrogens is 356 g/mol. The highest BCUT2D eigenvalue weighted by Gasteiger charge is 2.39. The van der Waals surface area contributed by atoms with Crippen LogP contribution in [0.3, 0.4) is 0 Å². The lowest BCUT2D eigenvalue weighted by atomic mass is 9.97. The molecule has 0 saturated carbocycles. The summed E-state index contributed by atoms with van der Waals surface area (Å²) in [6.45, 7) is 1.18. The number of halogens is 4. The molecule has 1 aliphatic heterocycles. The van der Waals surface area contributed by atoms with Crippen molar-refractivity contribution < 1.29 is 26.8 Å². The highest BCUT2D eigenvalue weighted by atomic mass is 19.4. The Morgan fingerprint density at radius 1 is 1.19 bits per heavy atom. The average Bonchev–Trinajstić information content (AvgIpc) is 3.08. The Morgan fingerprint density at radius 3 is 2.42 bits per heavy atom. The Morgan fingerprint density at radius 2 is 1.85 bits per heavy atom.